The lowest BCUT2D eigenvalue weighted by molar-refractivity contribution is 0.318. The zero-order chi connectivity index (χ0) is 12.2. The third-order valence-corrected chi connectivity index (χ3v) is 5.19. The van der Waals surface area contributed by atoms with Crippen LogP contribution < -0.4 is 5.73 Å². The second-order valence-electron chi connectivity index (χ2n) is 5.71. The molecule has 17 heavy (non-hydrogen) atoms. The van der Waals surface area contributed by atoms with Crippen molar-refractivity contribution in [3.63, 3.8) is 0 Å². The van der Waals surface area contributed by atoms with Gasteiger partial charge < -0.3 is 5.73 Å². The number of hydrogen-bond acceptors (Lipinski definition) is 3. The predicted molar refractivity (Wildman–Crippen MR) is 77.2 cm³/mol. The van der Waals surface area contributed by atoms with Crippen molar-refractivity contribution < 1.29 is 0 Å². The minimum atomic E-state index is 0.389. The van der Waals surface area contributed by atoms with E-state index in [2.05, 4.69) is 18.8 Å². The molecule has 0 atom stereocenters. The fraction of sp³-hybridized carbons (Fsp3) is 0.538. The van der Waals surface area contributed by atoms with Crippen LogP contribution >= 0.6 is 23.6 Å². The maximum Gasteiger partial charge on any atom is 0.133 e. The summed E-state index contributed by atoms with van der Waals surface area (Å²) in [6.45, 7) is 4.67. The van der Waals surface area contributed by atoms with Crippen molar-refractivity contribution in [2.24, 2.45) is 16.1 Å². The number of thiophene rings is 1. The summed E-state index contributed by atoms with van der Waals surface area (Å²) in [4.78, 5) is 7.86. The molecule has 0 saturated carbocycles. The summed E-state index contributed by atoms with van der Waals surface area (Å²) in [7, 11) is 0. The Bertz CT molecular complexity index is 538. The van der Waals surface area contributed by atoms with Gasteiger partial charge in [-0.15, -0.1) is 11.3 Å². The van der Waals surface area contributed by atoms with E-state index in [-0.39, 0.29) is 0 Å². The lowest BCUT2D eigenvalue weighted by Crippen LogP contribution is -2.26. The minimum Gasteiger partial charge on any atom is -0.383 e. The fourth-order valence-corrected chi connectivity index (χ4v) is 4.44. The lowest BCUT2D eigenvalue weighted by Gasteiger charge is -2.30. The van der Waals surface area contributed by atoms with Gasteiger partial charge in [0.1, 0.15) is 10.8 Å². The van der Waals surface area contributed by atoms with E-state index in [0.717, 1.165) is 17.8 Å². The van der Waals surface area contributed by atoms with Crippen LogP contribution in [0.2, 0.25) is 0 Å². The first kappa shape index (κ1) is 11.4. The van der Waals surface area contributed by atoms with Gasteiger partial charge in [-0.2, -0.15) is 0 Å². The molecule has 2 heterocycles. The summed E-state index contributed by atoms with van der Waals surface area (Å²) < 4.78 is 0. The van der Waals surface area contributed by atoms with Gasteiger partial charge in [0, 0.05) is 21.7 Å². The molecule has 90 valence electrons. The molecular formula is C13H16N2S2. The third kappa shape index (κ3) is 1.83. The lowest BCUT2D eigenvalue weighted by atomic mass is 9.75. The highest BCUT2D eigenvalue weighted by Crippen LogP contribution is 2.42. The molecule has 3 rings (SSSR count). The average molecular weight is 264 g/mol. The monoisotopic (exact) mass is 264 g/mol. The average Bonchev–Trinajstić information content (AvgIpc) is 2.53. The van der Waals surface area contributed by atoms with Crippen molar-refractivity contribution in [2.45, 2.75) is 39.5 Å². The SMILES string of the molecule is CC1(C)CCc2sc3c(c2C1)C(N)=NC(=S)C3. The normalized spacial score (nSPS) is 21.8. The Morgan fingerprint density at radius 1 is 1.35 bits per heavy atom. The van der Waals surface area contributed by atoms with E-state index < -0.39 is 0 Å². The van der Waals surface area contributed by atoms with Gasteiger partial charge in [-0.25, -0.2) is 4.99 Å². The first-order chi connectivity index (χ1) is 7.96. The van der Waals surface area contributed by atoms with Crippen LogP contribution in [0.3, 0.4) is 0 Å². The Balaban J connectivity index is 2.14. The number of nitrogens with two attached hydrogens (primary N) is 1. The van der Waals surface area contributed by atoms with Crippen molar-refractivity contribution in [1.29, 1.82) is 0 Å². The molecule has 0 radical (unpaired) electrons. The maximum absolute atomic E-state index is 6.06. The van der Waals surface area contributed by atoms with Crippen molar-refractivity contribution >= 4 is 34.4 Å². The standard InChI is InChI=1S/C13H16N2S2/c1-13(2)4-3-8-7(6-13)11-9(17-8)5-10(16)15-12(11)14/h3-6H2,1-2H3,(H2,14,15,16). The van der Waals surface area contributed by atoms with Crippen LogP contribution in [0.5, 0.6) is 0 Å². The third-order valence-electron chi connectivity index (χ3n) is 3.66. The number of aryl methyl sites for hydroxylation is 1. The topological polar surface area (TPSA) is 38.4 Å². The van der Waals surface area contributed by atoms with Crippen molar-refractivity contribution in [3.8, 4) is 0 Å². The summed E-state index contributed by atoms with van der Waals surface area (Å²) >= 11 is 7.08. The molecule has 4 heteroatoms. The number of thiocarbonyl (C=S) groups is 1. The molecular weight excluding hydrogens is 248 g/mol. The molecule has 0 saturated heterocycles. The molecule has 1 aromatic rings. The van der Waals surface area contributed by atoms with Gasteiger partial charge in [0.05, 0.1) is 0 Å². The van der Waals surface area contributed by atoms with Gasteiger partial charge in [-0.1, -0.05) is 26.1 Å². The Kier molecular flexibility index (Phi) is 2.42. The smallest absolute Gasteiger partial charge is 0.133 e. The number of amidine groups is 1. The van der Waals surface area contributed by atoms with Crippen molar-refractivity contribution in [1.82, 2.24) is 0 Å². The summed E-state index contributed by atoms with van der Waals surface area (Å²) in [6, 6.07) is 0. The molecule has 1 aliphatic carbocycles. The highest BCUT2D eigenvalue weighted by molar-refractivity contribution is 7.80. The Morgan fingerprint density at radius 3 is 2.88 bits per heavy atom. The second-order valence-corrected chi connectivity index (χ2v) is 7.37. The van der Waals surface area contributed by atoms with Gasteiger partial charge >= 0.3 is 0 Å². The summed E-state index contributed by atoms with van der Waals surface area (Å²) in [5.41, 5.74) is 9.12. The Labute approximate surface area is 111 Å². The number of hydrogen-bond donors (Lipinski definition) is 1. The van der Waals surface area contributed by atoms with Crippen molar-refractivity contribution in [2.75, 3.05) is 0 Å². The number of aliphatic imine (C=N–C) groups is 1. The highest BCUT2D eigenvalue weighted by Gasteiger charge is 2.32. The summed E-state index contributed by atoms with van der Waals surface area (Å²) in [6.07, 6.45) is 4.38. The van der Waals surface area contributed by atoms with E-state index in [1.54, 1.807) is 0 Å². The van der Waals surface area contributed by atoms with Crippen LogP contribution in [0.25, 0.3) is 0 Å². The molecule has 1 aromatic heterocycles. The fourth-order valence-electron chi connectivity index (χ4n) is 2.77. The largest absolute Gasteiger partial charge is 0.383 e. The molecule has 0 amide bonds. The minimum absolute atomic E-state index is 0.389. The van der Waals surface area contributed by atoms with E-state index in [0.29, 0.717) is 11.3 Å². The summed E-state index contributed by atoms with van der Waals surface area (Å²) in [5, 5.41) is 0. The van der Waals surface area contributed by atoms with Gasteiger partial charge in [0.2, 0.25) is 0 Å². The van der Waals surface area contributed by atoms with E-state index in [1.807, 2.05) is 11.3 Å². The predicted octanol–water partition coefficient (Wildman–Crippen LogP) is 2.85. The van der Waals surface area contributed by atoms with Crippen LogP contribution in [0.1, 0.15) is 41.1 Å². The van der Waals surface area contributed by atoms with Crippen LogP contribution in [0.4, 0.5) is 0 Å². The second kappa shape index (κ2) is 3.62. The van der Waals surface area contributed by atoms with E-state index in [1.165, 1.54) is 33.7 Å². The molecule has 0 fully saturated rings. The maximum atomic E-state index is 6.06. The van der Waals surface area contributed by atoms with Crippen LogP contribution in [-0.4, -0.2) is 10.8 Å². The van der Waals surface area contributed by atoms with Gasteiger partial charge in [-0.3, -0.25) is 0 Å². The van der Waals surface area contributed by atoms with Crippen molar-refractivity contribution in [3.05, 3.63) is 20.9 Å². The Hall–Kier alpha value is -0.740. The van der Waals surface area contributed by atoms with Gasteiger partial charge in [0.15, 0.2) is 0 Å². The van der Waals surface area contributed by atoms with Crippen LogP contribution in [0.15, 0.2) is 4.99 Å². The van der Waals surface area contributed by atoms with Crippen LogP contribution in [0, 0.1) is 5.41 Å². The zero-order valence-electron chi connectivity index (χ0n) is 10.2. The molecule has 0 spiro atoms. The van der Waals surface area contributed by atoms with Crippen LogP contribution in [-0.2, 0) is 19.3 Å². The first-order valence-corrected chi connectivity index (χ1v) is 7.19. The number of rotatable bonds is 0. The first-order valence-electron chi connectivity index (χ1n) is 5.97. The molecule has 2 N–H and O–H groups in total. The number of nitrogens with zero attached hydrogens (tertiary/aromatic N) is 1. The highest BCUT2D eigenvalue weighted by atomic mass is 32.1. The number of fused-ring (bicyclic) bond motifs is 3. The molecule has 2 aliphatic rings. The molecule has 2 nitrogen and oxygen atoms in total. The van der Waals surface area contributed by atoms with E-state index in [9.17, 15) is 0 Å². The Morgan fingerprint density at radius 2 is 2.12 bits per heavy atom. The van der Waals surface area contributed by atoms with E-state index >= 15 is 0 Å². The quantitative estimate of drug-likeness (QED) is 0.732. The molecule has 0 aromatic carbocycles. The summed E-state index contributed by atoms with van der Waals surface area (Å²) in [5.74, 6) is 0.645. The molecule has 0 bridgehead atoms. The molecule has 0 unspecified atom stereocenters. The van der Waals surface area contributed by atoms with Gasteiger partial charge in [0.25, 0.3) is 0 Å². The zero-order valence-corrected chi connectivity index (χ0v) is 11.8. The van der Waals surface area contributed by atoms with E-state index in [4.69, 9.17) is 18.0 Å². The molecule has 1 aliphatic heterocycles. The van der Waals surface area contributed by atoms with Gasteiger partial charge in [-0.05, 0) is 30.2 Å².